The summed E-state index contributed by atoms with van der Waals surface area (Å²) in [6.45, 7) is 11.0. The summed E-state index contributed by atoms with van der Waals surface area (Å²) in [5, 5.41) is 19.6. The van der Waals surface area contributed by atoms with Gasteiger partial charge in [-0.15, -0.1) is 0 Å². The summed E-state index contributed by atoms with van der Waals surface area (Å²) < 4.78 is 0. The van der Waals surface area contributed by atoms with Gasteiger partial charge >= 0.3 is 5.97 Å². The van der Waals surface area contributed by atoms with E-state index in [9.17, 15) is 29.1 Å². The van der Waals surface area contributed by atoms with Gasteiger partial charge < -0.3 is 32.1 Å². The number of hydrogen-bond acceptors (Lipinski definition) is 8. The highest BCUT2D eigenvalue weighted by Gasteiger charge is 2.33. The molecule has 5 atom stereocenters. The van der Waals surface area contributed by atoms with Crippen molar-refractivity contribution in [2.45, 2.75) is 84.6 Å². The zero-order chi connectivity index (χ0) is 28.2. The van der Waals surface area contributed by atoms with Crippen LogP contribution in [0, 0.1) is 17.8 Å². The molecule has 36 heavy (non-hydrogen) atoms. The molecule has 13 heteroatoms. The predicted octanol–water partition coefficient (Wildman–Crippen LogP) is -0.0547. The van der Waals surface area contributed by atoms with Gasteiger partial charge in [0.1, 0.15) is 24.2 Å². The van der Waals surface area contributed by atoms with Crippen LogP contribution in [-0.4, -0.2) is 76.4 Å². The number of hydrogen-bond donors (Lipinski definition) is 8. The van der Waals surface area contributed by atoms with E-state index in [1.54, 1.807) is 13.8 Å². The Kier molecular flexibility index (Phi) is 15.8. The molecule has 208 valence electrons. The summed E-state index contributed by atoms with van der Waals surface area (Å²) in [4.78, 5) is 62.6. The van der Waals surface area contributed by atoms with Crippen LogP contribution >= 0.6 is 25.3 Å². The van der Waals surface area contributed by atoms with Gasteiger partial charge in [-0.2, -0.15) is 25.3 Å². The Hall–Kier alpha value is -1.99. The first-order valence-corrected chi connectivity index (χ1v) is 13.3. The normalized spacial score (nSPS) is 15.6. The van der Waals surface area contributed by atoms with Gasteiger partial charge in [-0.3, -0.25) is 19.2 Å². The molecule has 0 aliphatic heterocycles. The Morgan fingerprint density at radius 1 is 0.667 bits per heavy atom. The van der Waals surface area contributed by atoms with Crippen LogP contribution in [0.2, 0.25) is 0 Å². The first kappa shape index (κ1) is 34.0. The number of nitrogens with one attached hydrogen (secondary N) is 4. The van der Waals surface area contributed by atoms with Crippen LogP contribution in [0.3, 0.4) is 0 Å². The molecule has 0 fully saturated rings. The van der Waals surface area contributed by atoms with Gasteiger partial charge in [0.2, 0.25) is 23.6 Å². The summed E-state index contributed by atoms with van der Waals surface area (Å²) in [6.07, 6.45) is 0.574. The van der Waals surface area contributed by atoms with Crippen molar-refractivity contribution in [3.8, 4) is 0 Å². The van der Waals surface area contributed by atoms with E-state index < -0.39 is 59.8 Å². The Balaban J connectivity index is 5.66. The highest BCUT2D eigenvalue weighted by molar-refractivity contribution is 7.80. The molecular formula is C23H43N5O6S2. The minimum atomic E-state index is -1.24. The molecule has 0 spiro atoms. The van der Waals surface area contributed by atoms with Gasteiger partial charge in [0, 0.05) is 11.5 Å². The number of amides is 4. The van der Waals surface area contributed by atoms with Crippen molar-refractivity contribution in [3.63, 3.8) is 0 Å². The van der Waals surface area contributed by atoms with Gasteiger partial charge in [-0.25, -0.2) is 4.79 Å². The third-order valence-corrected chi connectivity index (χ3v) is 6.02. The second-order valence-corrected chi connectivity index (χ2v) is 10.7. The fourth-order valence-corrected chi connectivity index (χ4v) is 3.69. The van der Waals surface area contributed by atoms with E-state index >= 15 is 0 Å². The molecule has 4 amide bonds. The molecule has 0 saturated carbocycles. The van der Waals surface area contributed by atoms with Crippen LogP contribution in [0.25, 0.3) is 0 Å². The number of rotatable bonds is 16. The third-order valence-electron chi connectivity index (χ3n) is 5.26. The molecule has 0 unspecified atom stereocenters. The monoisotopic (exact) mass is 549 g/mol. The number of carbonyl (C=O) groups is 5. The molecule has 7 N–H and O–H groups in total. The smallest absolute Gasteiger partial charge is 0.327 e. The number of carboxylic acids is 1. The fraction of sp³-hybridized carbons (Fsp3) is 0.783. The molecule has 0 saturated heterocycles. The first-order valence-electron chi connectivity index (χ1n) is 12.1. The first-order chi connectivity index (χ1) is 16.6. The largest absolute Gasteiger partial charge is 0.480 e. The van der Waals surface area contributed by atoms with E-state index in [1.807, 2.05) is 27.7 Å². The Morgan fingerprint density at radius 2 is 1.08 bits per heavy atom. The average molecular weight is 550 g/mol. The lowest BCUT2D eigenvalue weighted by Crippen LogP contribution is -2.60. The van der Waals surface area contributed by atoms with E-state index in [0.29, 0.717) is 6.42 Å². The number of nitrogens with two attached hydrogens (primary N) is 1. The van der Waals surface area contributed by atoms with Gasteiger partial charge in [-0.1, -0.05) is 41.5 Å². The summed E-state index contributed by atoms with van der Waals surface area (Å²) in [7, 11) is 0. The summed E-state index contributed by atoms with van der Waals surface area (Å²) in [5.41, 5.74) is 5.72. The molecule has 0 aromatic heterocycles. The SMILES string of the molecule is CC(C)C[C@H](NC(=O)[C@@H](NC(=O)[C@H](CC(C)C)NC(=O)[C@@H](N)CS)C(C)C)C(=O)N[C@@H](CS)C(=O)O. The lowest BCUT2D eigenvalue weighted by atomic mass is 9.98. The van der Waals surface area contributed by atoms with Crippen molar-refractivity contribution in [1.82, 2.24) is 21.3 Å². The molecule has 0 heterocycles. The second-order valence-electron chi connectivity index (χ2n) is 9.98. The topological polar surface area (TPSA) is 180 Å². The standard InChI is InChI=1S/C23H43N5O6S2/c1-11(2)7-15(20(30)27-17(10-36)23(33)34)26-22(32)18(13(5)6)28-21(31)16(8-12(3)4)25-19(29)14(24)9-35/h11-18,35-36H,7-10,24H2,1-6H3,(H,25,29)(H,26,32)(H,27,30)(H,28,31)(H,33,34)/t14-,15-,16-,17-,18-/m0/s1. The van der Waals surface area contributed by atoms with Crippen LogP contribution in [-0.2, 0) is 24.0 Å². The predicted molar refractivity (Wildman–Crippen MR) is 145 cm³/mol. The van der Waals surface area contributed by atoms with Crippen LogP contribution in [0.1, 0.15) is 54.4 Å². The molecule has 0 rings (SSSR count). The van der Waals surface area contributed by atoms with Crippen molar-refractivity contribution in [3.05, 3.63) is 0 Å². The molecule has 0 bridgehead atoms. The zero-order valence-electron chi connectivity index (χ0n) is 21.9. The Morgan fingerprint density at radius 3 is 1.44 bits per heavy atom. The maximum absolute atomic E-state index is 13.2. The molecule has 0 aromatic rings. The Labute approximate surface area is 224 Å². The minimum absolute atomic E-state index is 0.00842. The number of carbonyl (C=O) groups excluding carboxylic acids is 4. The highest BCUT2D eigenvalue weighted by Crippen LogP contribution is 2.11. The van der Waals surface area contributed by atoms with Crippen LogP contribution in [0.4, 0.5) is 0 Å². The quantitative estimate of drug-likeness (QED) is 0.124. The van der Waals surface area contributed by atoms with Crippen molar-refractivity contribution in [2.75, 3.05) is 11.5 Å². The zero-order valence-corrected chi connectivity index (χ0v) is 23.7. The van der Waals surface area contributed by atoms with E-state index in [2.05, 4.69) is 46.5 Å². The second kappa shape index (κ2) is 16.7. The molecule has 0 aliphatic carbocycles. The van der Waals surface area contributed by atoms with Gasteiger partial charge in [0.25, 0.3) is 0 Å². The summed E-state index contributed by atoms with van der Waals surface area (Å²) >= 11 is 7.96. The molecule has 0 radical (unpaired) electrons. The number of carboxylic acid groups (broad SMARTS) is 1. The summed E-state index contributed by atoms with van der Waals surface area (Å²) in [5.74, 6) is -3.86. The van der Waals surface area contributed by atoms with E-state index in [0.717, 1.165) is 0 Å². The van der Waals surface area contributed by atoms with Gasteiger partial charge in [0.05, 0.1) is 6.04 Å². The third kappa shape index (κ3) is 12.3. The van der Waals surface area contributed by atoms with Gasteiger partial charge in [0.15, 0.2) is 0 Å². The number of thiol groups is 2. The summed E-state index contributed by atoms with van der Waals surface area (Å²) in [6, 6.07) is -5.04. The molecule has 0 aromatic carbocycles. The lowest BCUT2D eigenvalue weighted by Gasteiger charge is -2.29. The molecule has 11 nitrogen and oxygen atoms in total. The number of aliphatic carboxylic acids is 1. The minimum Gasteiger partial charge on any atom is -0.480 e. The maximum atomic E-state index is 13.2. The highest BCUT2D eigenvalue weighted by atomic mass is 32.1. The van der Waals surface area contributed by atoms with Crippen LogP contribution in [0.5, 0.6) is 0 Å². The maximum Gasteiger partial charge on any atom is 0.327 e. The van der Waals surface area contributed by atoms with Crippen molar-refractivity contribution in [1.29, 1.82) is 0 Å². The van der Waals surface area contributed by atoms with Crippen molar-refractivity contribution < 1.29 is 29.1 Å². The van der Waals surface area contributed by atoms with E-state index in [-0.39, 0.29) is 35.7 Å². The van der Waals surface area contributed by atoms with Crippen LogP contribution < -0.4 is 27.0 Å². The fourth-order valence-electron chi connectivity index (χ4n) is 3.28. The van der Waals surface area contributed by atoms with Gasteiger partial charge in [-0.05, 0) is 30.6 Å². The average Bonchev–Trinajstić information content (AvgIpc) is 2.77. The lowest BCUT2D eigenvalue weighted by molar-refractivity contribution is -0.141. The van der Waals surface area contributed by atoms with E-state index in [1.165, 1.54) is 0 Å². The Bertz CT molecular complexity index is 765. The van der Waals surface area contributed by atoms with E-state index in [4.69, 9.17) is 5.73 Å². The van der Waals surface area contributed by atoms with Crippen LogP contribution in [0.15, 0.2) is 0 Å². The molecule has 0 aliphatic rings. The van der Waals surface area contributed by atoms with Crippen molar-refractivity contribution >= 4 is 54.9 Å². The van der Waals surface area contributed by atoms with Crippen molar-refractivity contribution in [2.24, 2.45) is 23.5 Å². The molecular weight excluding hydrogens is 506 g/mol.